The topological polar surface area (TPSA) is 87.1 Å². The van der Waals surface area contributed by atoms with Crippen LogP contribution in [0.3, 0.4) is 0 Å². The van der Waals surface area contributed by atoms with Crippen LogP contribution in [0.15, 0.2) is 72.3 Å². The number of phenolic OH excluding ortho intramolecular Hbond substituents is 1. The molecule has 2 N–H and O–H groups in total. The van der Waals surface area contributed by atoms with E-state index in [1.807, 2.05) is 0 Å². The van der Waals surface area contributed by atoms with Crippen LogP contribution in [0.4, 0.5) is 18.9 Å². The van der Waals surface area contributed by atoms with E-state index >= 15 is 0 Å². The normalized spacial score (nSPS) is 17.6. The summed E-state index contributed by atoms with van der Waals surface area (Å²) in [5.41, 5.74) is -1.45. The van der Waals surface area contributed by atoms with E-state index in [9.17, 15) is 33.0 Å². The van der Waals surface area contributed by atoms with Gasteiger partial charge in [0.25, 0.3) is 11.7 Å². The van der Waals surface area contributed by atoms with Crippen molar-refractivity contribution in [1.29, 1.82) is 0 Å². The molecule has 6 nitrogen and oxygen atoms in total. The molecule has 0 aliphatic carbocycles. The second-order valence-corrected chi connectivity index (χ2v) is 8.09. The summed E-state index contributed by atoms with van der Waals surface area (Å²) in [5, 5.41) is 21.4. The summed E-state index contributed by atoms with van der Waals surface area (Å²) in [4.78, 5) is 27.2. The van der Waals surface area contributed by atoms with Gasteiger partial charge in [0.05, 0.1) is 29.9 Å². The minimum atomic E-state index is -4.70. The SMILES string of the molecule is COc1ccc(Cl)cc1/C(O)=C1\C(=O)C(=O)N(c2cccc(C(F)(F)F)c2)C1c1cccc(O)c1. The van der Waals surface area contributed by atoms with E-state index < -0.39 is 40.8 Å². The molecule has 0 aromatic heterocycles. The predicted molar refractivity (Wildman–Crippen MR) is 122 cm³/mol. The van der Waals surface area contributed by atoms with Crippen molar-refractivity contribution < 1.29 is 37.7 Å². The van der Waals surface area contributed by atoms with Gasteiger partial charge in [-0.2, -0.15) is 13.2 Å². The monoisotopic (exact) mass is 503 g/mol. The lowest BCUT2D eigenvalue weighted by Gasteiger charge is -2.26. The average Bonchev–Trinajstić information content (AvgIpc) is 3.08. The Morgan fingerprint density at radius 3 is 2.40 bits per heavy atom. The number of ketones is 1. The molecule has 0 bridgehead atoms. The van der Waals surface area contributed by atoms with Crippen molar-refractivity contribution in [2.45, 2.75) is 12.2 Å². The third kappa shape index (κ3) is 4.42. The molecule has 0 spiro atoms. The Morgan fingerprint density at radius 2 is 1.74 bits per heavy atom. The number of aliphatic hydroxyl groups is 1. The fraction of sp³-hybridized carbons (Fsp3) is 0.120. The van der Waals surface area contributed by atoms with Gasteiger partial charge in [-0.05, 0) is 54.1 Å². The fourth-order valence-corrected chi connectivity index (χ4v) is 4.12. The van der Waals surface area contributed by atoms with Crippen LogP contribution >= 0.6 is 11.6 Å². The molecule has 1 atom stereocenters. The third-order valence-corrected chi connectivity index (χ3v) is 5.73. The van der Waals surface area contributed by atoms with E-state index in [2.05, 4.69) is 0 Å². The molecule has 1 heterocycles. The van der Waals surface area contributed by atoms with E-state index in [1.165, 1.54) is 55.6 Å². The van der Waals surface area contributed by atoms with E-state index in [4.69, 9.17) is 16.3 Å². The Hall–Kier alpha value is -3.98. The summed E-state index contributed by atoms with van der Waals surface area (Å²) in [7, 11) is 1.33. The lowest BCUT2D eigenvalue weighted by atomic mass is 9.94. The molecule has 1 unspecified atom stereocenters. The predicted octanol–water partition coefficient (Wildman–Crippen LogP) is 5.70. The van der Waals surface area contributed by atoms with Gasteiger partial charge >= 0.3 is 6.18 Å². The molecule has 3 aromatic carbocycles. The Labute approximate surface area is 202 Å². The number of benzene rings is 3. The smallest absolute Gasteiger partial charge is 0.416 e. The van der Waals surface area contributed by atoms with Crippen molar-refractivity contribution in [2.75, 3.05) is 12.0 Å². The van der Waals surface area contributed by atoms with Crippen molar-refractivity contribution in [2.24, 2.45) is 0 Å². The van der Waals surface area contributed by atoms with Gasteiger partial charge in [0.15, 0.2) is 0 Å². The Bertz CT molecular complexity index is 1370. The van der Waals surface area contributed by atoms with Gasteiger partial charge in [0.2, 0.25) is 0 Å². The zero-order chi connectivity index (χ0) is 25.5. The van der Waals surface area contributed by atoms with E-state index in [-0.39, 0.29) is 33.3 Å². The van der Waals surface area contributed by atoms with Crippen molar-refractivity contribution in [3.8, 4) is 11.5 Å². The van der Waals surface area contributed by atoms with Gasteiger partial charge in [-0.15, -0.1) is 0 Å². The zero-order valence-electron chi connectivity index (χ0n) is 18.0. The molecule has 1 fully saturated rings. The minimum absolute atomic E-state index is 0.00666. The van der Waals surface area contributed by atoms with Crippen molar-refractivity contribution in [3.63, 3.8) is 0 Å². The van der Waals surface area contributed by atoms with Crippen LogP contribution in [-0.2, 0) is 15.8 Å². The first-order valence-electron chi connectivity index (χ1n) is 10.1. The van der Waals surface area contributed by atoms with Gasteiger partial charge in [0, 0.05) is 10.7 Å². The number of anilines is 1. The maximum absolute atomic E-state index is 13.4. The number of carbonyl (C=O) groups is 2. The molecule has 180 valence electrons. The van der Waals surface area contributed by atoms with Crippen LogP contribution in [-0.4, -0.2) is 29.0 Å². The quantitative estimate of drug-likeness (QED) is 0.271. The first-order valence-corrected chi connectivity index (χ1v) is 10.5. The van der Waals surface area contributed by atoms with Crippen molar-refractivity contribution in [1.82, 2.24) is 0 Å². The van der Waals surface area contributed by atoms with E-state index in [0.29, 0.717) is 0 Å². The van der Waals surface area contributed by atoms with Gasteiger partial charge in [-0.1, -0.05) is 29.8 Å². The molecular weight excluding hydrogens is 487 g/mol. The third-order valence-electron chi connectivity index (χ3n) is 5.50. The number of hydrogen-bond donors (Lipinski definition) is 2. The van der Waals surface area contributed by atoms with Gasteiger partial charge in [-0.25, -0.2) is 0 Å². The number of carbonyl (C=O) groups excluding carboxylic acids is 2. The molecule has 1 saturated heterocycles. The largest absolute Gasteiger partial charge is 0.508 e. The Kier molecular flexibility index (Phi) is 6.21. The Balaban J connectivity index is 2.00. The number of halogens is 4. The van der Waals surface area contributed by atoms with Crippen molar-refractivity contribution in [3.05, 3.63) is 94.0 Å². The molecular formula is C25H17ClF3NO5. The Morgan fingerprint density at radius 1 is 1.03 bits per heavy atom. The highest BCUT2D eigenvalue weighted by atomic mass is 35.5. The second-order valence-electron chi connectivity index (χ2n) is 7.66. The summed E-state index contributed by atoms with van der Waals surface area (Å²) >= 11 is 6.06. The van der Waals surface area contributed by atoms with Crippen molar-refractivity contribution >= 4 is 34.7 Å². The molecule has 0 saturated carbocycles. The fourth-order valence-electron chi connectivity index (χ4n) is 3.95. The number of phenols is 1. The van der Waals surface area contributed by atoms with Crippen LogP contribution < -0.4 is 9.64 Å². The molecule has 10 heteroatoms. The highest BCUT2D eigenvalue weighted by Crippen LogP contribution is 2.45. The maximum Gasteiger partial charge on any atom is 0.416 e. The van der Waals surface area contributed by atoms with Crippen LogP contribution in [0, 0.1) is 0 Å². The first kappa shape index (κ1) is 24.2. The molecule has 1 aliphatic heterocycles. The summed E-state index contributed by atoms with van der Waals surface area (Å²) in [6, 6.07) is 12.3. The second kappa shape index (κ2) is 8.99. The van der Waals surface area contributed by atoms with Gasteiger partial charge < -0.3 is 14.9 Å². The van der Waals surface area contributed by atoms with Crippen LogP contribution in [0.25, 0.3) is 5.76 Å². The van der Waals surface area contributed by atoms with Crippen LogP contribution in [0.2, 0.25) is 5.02 Å². The number of aromatic hydroxyl groups is 1. The van der Waals surface area contributed by atoms with Crippen LogP contribution in [0.5, 0.6) is 11.5 Å². The number of methoxy groups -OCH3 is 1. The number of ether oxygens (including phenoxy) is 1. The number of hydrogen-bond acceptors (Lipinski definition) is 5. The summed E-state index contributed by atoms with van der Waals surface area (Å²) in [5.74, 6) is -2.98. The summed E-state index contributed by atoms with van der Waals surface area (Å²) < 4.78 is 45.4. The molecule has 35 heavy (non-hydrogen) atoms. The maximum atomic E-state index is 13.4. The molecule has 4 rings (SSSR count). The summed E-state index contributed by atoms with van der Waals surface area (Å²) in [6.45, 7) is 0. The molecule has 3 aromatic rings. The highest BCUT2D eigenvalue weighted by Gasteiger charge is 2.47. The van der Waals surface area contributed by atoms with Crippen LogP contribution in [0.1, 0.15) is 22.7 Å². The number of aliphatic hydroxyl groups excluding tert-OH is 1. The lowest BCUT2D eigenvalue weighted by molar-refractivity contribution is -0.137. The zero-order valence-corrected chi connectivity index (χ0v) is 18.8. The number of rotatable bonds is 4. The molecule has 1 aliphatic rings. The highest BCUT2D eigenvalue weighted by molar-refractivity contribution is 6.51. The van der Waals surface area contributed by atoms with E-state index in [0.717, 1.165) is 23.1 Å². The minimum Gasteiger partial charge on any atom is -0.508 e. The standard InChI is InChI=1S/C25H17ClF3NO5/c1-35-19-9-8-15(26)12-18(19)22(32)20-21(13-4-2-7-17(31)10-13)30(24(34)23(20)33)16-6-3-5-14(11-16)25(27,28)29/h2-12,21,31-32H,1H3/b22-20+. The van der Waals surface area contributed by atoms with Gasteiger partial charge in [0.1, 0.15) is 17.3 Å². The number of alkyl halides is 3. The van der Waals surface area contributed by atoms with Gasteiger partial charge in [-0.3, -0.25) is 14.5 Å². The molecule has 0 radical (unpaired) electrons. The first-order chi connectivity index (χ1) is 16.5. The molecule has 1 amide bonds. The number of amides is 1. The van der Waals surface area contributed by atoms with E-state index in [1.54, 1.807) is 0 Å². The number of nitrogens with zero attached hydrogens (tertiary/aromatic N) is 1. The average molecular weight is 504 g/mol. The summed E-state index contributed by atoms with van der Waals surface area (Å²) in [6.07, 6.45) is -4.70. The number of Topliss-reactive ketones (excluding diaryl/α,β-unsaturated/α-hetero) is 1. The lowest BCUT2D eigenvalue weighted by Crippen LogP contribution is -2.29.